The van der Waals surface area contributed by atoms with E-state index in [9.17, 15) is 4.79 Å². The summed E-state index contributed by atoms with van der Waals surface area (Å²) in [5.74, 6) is 0.171. The molecule has 2 aromatic rings. The van der Waals surface area contributed by atoms with Crippen molar-refractivity contribution in [2.24, 2.45) is 4.99 Å². The normalized spacial score (nSPS) is 12.7. The highest BCUT2D eigenvalue weighted by Crippen LogP contribution is 2.22. The molecule has 0 saturated carbocycles. The number of benzene rings is 2. The summed E-state index contributed by atoms with van der Waals surface area (Å²) < 4.78 is 0. The maximum atomic E-state index is 12.0. The quantitative estimate of drug-likeness (QED) is 0.336. The predicted octanol–water partition coefficient (Wildman–Crippen LogP) is 7.17. The largest absolute Gasteiger partial charge is 0.388 e. The second-order valence-electron chi connectivity index (χ2n) is 7.76. The van der Waals surface area contributed by atoms with E-state index >= 15 is 0 Å². The molecule has 0 bridgehead atoms. The van der Waals surface area contributed by atoms with Crippen LogP contribution >= 0.6 is 0 Å². The van der Waals surface area contributed by atoms with Gasteiger partial charge in [-0.05, 0) is 86.7 Å². The number of hydrogen-bond acceptors (Lipinski definition) is 4. The highest BCUT2D eigenvalue weighted by molar-refractivity contribution is 6.02. The molecule has 0 spiro atoms. The number of nitrogens with one attached hydrogen (secondary N) is 2. The van der Waals surface area contributed by atoms with E-state index in [2.05, 4.69) is 55.7 Å². The van der Waals surface area contributed by atoms with Crippen molar-refractivity contribution < 1.29 is 4.79 Å². The van der Waals surface area contributed by atoms with Gasteiger partial charge in [-0.25, -0.2) is 0 Å². The Morgan fingerprint density at radius 1 is 1.03 bits per heavy atom. The first-order chi connectivity index (χ1) is 14.8. The molecular weight excluding hydrogens is 382 g/mol. The van der Waals surface area contributed by atoms with Crippen molar-refractivity contribution in [2.45, 2.75) is 54.4 Å². The van der Waals surface area contributed by atoms with Gasteiger partial charge in [-0.1, -0.05) is 26.0 Å². The lowest BCUT2D eigenvalue weighted by Crippen LogP contribution is -2.09. The molecule has 0 aliphatic rings. The maximum Gasteiger partial charge on any atom is 0.162 e. The van der Waals surface area contributed by atoms with Crippen LogP contribution < -0.4 is 10.6 Å². The van der Waals surface area contributed by atoms with Crippen LogP contribution in [0.3, 0.4) is 0 Å². The fourth-order valence-electron chi connectivity index (χ4n) is 3.42. The van der Waals surface area contributed by atoms with Gasteiger partial charge in [-0.2, -0.15) is 0 Å². The van der Waals surface area contributed by atoms with E-state index in [-0.39, 0.29) is 5.78 Å². The number of hydrogen-bond donors (Lipinski definition) is 2. The molecule has 31 heavy (non-hydrogen) atoms. The zero-order valence-electron chi connectivity index (χ0n) is 19.9. The molecule has 0 fully saturated rings. The number of allylic oxidation sites excluding steroid dienone is 3. The monoisotopic (exact) mass is 417 g/mol. The number of aliphatic imine (C=N–C) groups is 1. The van der Waals surface area contributed by atoms with Crippen LogP contribution in [0.2, 0.25) is 0 Å². The van der Waals surface area contributed by atoms with Gasteiger partial charge in [0.25, 0.3) is 0 Å². The molecule has 0 aliphatic carbocycles. The molecule has 2 rings (SSSR count). The summed E-state index contributed by atoms with van der Waals surface area (Å²) in [5.41, 5.74) is 9.23. The van der Waals surface area contributed by atoms with Crippen LogP contribution in [-0.4, -0.2) is 18.5 Å². The van der Waals surface area contributed by atoms with Gasteiger partial charge < -0.3 is 10.6 Å². The van der Waals surface area contributed by atoms with Crippen molar-refractivity contribution in [1.29, 1.82) is 0 Å². The summed E-state index contributed by atoms with van der Waals surface area (Å²) in [7, 11) is 1.93. The number of carbonyl (C=O) groups excluding carboxylic acids is 1. The lowest BCUT2D eigenvalue weighted by atomic mass is 10.0. The van der Waals surface area contributed by atoms with E-state index in [0.29, 0.717) is 6.42 Å². The Morgan fingerprint density at radius 2 is 1.77 bits per heavy atom. The number of Topliss-reactive ketones (excluding diaryl/α,β-unsaturated/α-hetero) is 1. The molecule has 2 aromatic carbocycles. The van der Waals surface area contributed by atoms with Crippen LogP contribution in [0.25, 0.3) is 5.57 Å². The van der Waals surface area contributed by atoms with Crippen molar-refractivity contribution in [3.05, 3.63) is 76.6 Å². The lowest BCUT2D eigenvalue weighted by molar-refractivity contribution is 0.0987. The van der Waals surface area contributed by atoms with Crippen LogP contribution in [0.5, 0.6) is 0 Å². The SMILES string of the molecule is CC/C=C(Nc1ccc(C(=O)CC)c(C)c1)/C(C)=N/C=C(\C)c1ccc(NC)c(C)c1. The van der Waals surface area contributed by atoms with Crippen molar-refractivity contribution >= 4 is 28.4 Å². The number of ketones is 1. The standard InChI is InChI=1S/C27H35N3O/c1-8-10-26(30-23-12-13-24(18(3)16-23)27(31)9-2)21(6)29-17-20(5)22-11-14-25(28-7)19(4)15-22/h10-17,28,30H,8-9H2,1-7H3/b20-17+,26-10-,29-21+. The average molecular weight is 418 g/mol. The van der Waals surface area contributed by atoms with Crippen molar-refractivity contribution in [1.82, 2.24) is 0 Å². The molecule has 0 aliphatic heterocycles. The average Bonchev–Trinajstić information content (AvgIpc) is 2.76. The molecule has 0 radical (unpaired) electrons. The third kappa shape index (κ3) is 6.42. The molecule has 0 amide bonds. The Morgan fingerprint density at radius 3 is 2.35 bits per heavy atom. The minimum Gasteiger partial charge on any atom is -0.388 e. The van der Waals surface area contributed by atoms with Crippen molar-refractivity contribution in [2.75, 3.05) is 17.7 Å². The summed E-state index contributed by atoms with van der Waals surface area (Å²) in [5, 5.41) is 6.67. The minimum absolute atomic E-state index is 0.171. The third-order valence-corrected chi connectivity index (χ3v) is 5.33. The van der Waals surface area contributed by atoms with E-state index in [0.717, 1.165) is 51.5 Å². The molecule has 0 unspecified atom stereocenters. The highest BCUT2D eigenvalue weighted by atomic mass is 16.1. The Hall–Kier alpha value is -3.14. The van der Waals surface area contributed by atoms with E-state index in [1.807, 2.05) is 52.2 Å². The Labute approximate surface area is 187 Å². The summed E-state index contributed by atoms with van der Waals surface area (Å²) in [6, 6.07) is 12.3. The first-order valence-electron chi connectivity index (χ1n) is 10.9. The van der Waals surface area contributed by atoms with Gasteiger partial charge in [0, 0.05) is 36.6 Å². The Kier molecular flexibility index (Phi) is 8.80. The molecule has 164 valence electrons. The van der Waals surface area contributed by atoms with Crippen LogP contribution in [0.15, 0.2) is 59.4 Å². The third-order valence-electron chi connectivity index (χ3n) is 5.33. The predicted molar refractivity (Wildman–Crippen MR) is 135 cm³/mol. The second kappa shape index (κ2) is 11.3. The minimum atomic E-state index is 0.171. The summed E-state index contributed by atoms with van der Waals surface area (Å²) in [4.78, 5) is 16.8. The van der Waals surface area contributed by atoms with Crippen molar-refractivity contribution in [3.8, 4) is 0 Å². The molecule has 0 saturated heterocycles. The molecule has 0 atom stereocenters. The Bertz CT molecular complexity index is 1030. The van der Waals surface area contributed by atoms with E-state index in [4.69, 9.17) is 4.99 Å². The number of rotatable bonds is 9. The van der Waals surface area contributed by atoms with Crippen LogP contribution in [0, 0.1) is 13.8 Å². The number of nitrogens with zero attached hydrogens (tertiary/aromatic N) is 1. The van der Waals surface area contributed by atoms with Gasteiger partial charge in [-0.15, -0.1) is 0 Å². The molecular formula is C27H35N3O. The second-order valence-corrected chi connectivity index (χ2v) is 7.76. The first kappa shape index (κ1) is 24.1. The highest BCUT2D eigenvalue weighted by Gasteiger charge is 2.09. The summed E-state index contributed by atoms with van der Waals surface area (Å²) in [6.07, 6.45) is 5.47. The van der Waals surface area contributed by atoms with Crippen LogP contribution in [-0.2, 0) is 0 Å². The van der Waals surface area contributed by atoms with E-state index in [1.165, 1.54) is 5.56 Å². The smallest absolute Gasteiger partial charge is 0.162 e. The molecule has 0 heterocycles. The number of aryl methyl sites for hydroxylation is 2. The molecule has 0 aromatic heterocycles. The fourth-order valence-corrected chi connectivity index (χ4v) is 3.42. The zero-order chi connectivity index (χ0) is 23.0. The van der Waals surface area contributed by atoms with Crippen molar-refractivity contribution in [3.63, 3.8) is 0 Å². The van der Waals surface area contributed by atoms with Gasteiger partial charge in [-0.3, -0.25) is 9.79 Å². The zero-order valence-corrected chi connectivity index (χ0v) is 19.9. The first-order valence-corrected chi connectivity index (χ1v) is 10.9. The van der Waals surface area contributed by atoms with Gasteiger partial charge in [0.05, 0.1) is 11.4 Å². The summed E-state index contributed by atoms with van der Waals surface area (Å²) in [6.45, 7) is 12.2. The number of anilines is 2. The maximum absolute atomic E-state index is 12.0. The van der Waals surface area contributed by atoms with Gasteiger partial charge in [0.2, 0.25) is 0 Å². The van der Waals surface area contributed by atoms with Gasteiger partial charge in [0.15, 0.2) is 5.78 Å². The molecule has 2 N–H and O–H groups in total. The van der Waals surface area contributed by atoms with E-state index < -0.39 is 0 Å². The van der Waals surface area contributed by atoms with Gasteiger partial charge in [0.1, 0.15) is 0 Å². The van der Waals surface area contributed by atoms with E-state index in [1.54, 1.807) is 0 Å². The Balaban J connectivity index is 2.24. The number of carbonyl (C=O) groups is 1. The topological polar surface area (TPSA) is 53.5 Å². The molecule has 4 nitrogen and oxygen atoms in total. The molecule has 4 heteroatoms. The fraction of sp³-hybridized carbons (Fsp3) is 0.333. The van der Waals surface area contributed by atoms with Crippen LogP contribution in [0.1, 0.15) is 67.6 Å². The van der Waals surface area contributed by atoms with Gasteiger partial charge >= 0.3 is 0 Å². The summed E-state index contributed by atoms with van der Waals surface area (Å²) >= 11 is 0. The van der Waals surface area contributed by atoms with Crippen LogP contribution in [0.4, 0.5) is 11.4 Å². The lowest BCUT2D eigenvalue weighted by Gasteiger charge is -2.13.